The first kappa shape index (κ1) is 21.0. The molecule has 7 heteroatoms. The Bertz CT molecular complexity index is 1520. The van der Waals surface area contributed by atoms with Gasteiger partial charge in [-0.05, 0) is 55.8 Å². The molecule has 0 fully saturated rings. The Kier molecular flexibility index (Phi) is 5.44. The third-order valence-corrected chi connectivity index (χ3v) is 5.67. The highest BCUT2D eigenvalue weighted by atomic mass is 35.5. The number of aromatic nitrogens is 4. The van der Waals surface area contributed by atoms with Gasteiger partial charge in [-0.1, -0.05) is 48.0 Å². The van der Waals surface area contributed by atoms with Crippen molar-refractivity contribution in [2.75, 3.05) is 0 Å². The fourth-order valence-corrected chi connectivity index (χ4v) is 4.04. The molecule has 0 bridgehead atoms. The highest BCUT2D eigenvalue weighted by Gasteiger charge is 2.18. The van der Waals surface area contributed by atoms with Gasteiger partial charge in [-0.3, -0.25) is 9.20 Å². The lowest BCUT2D eigenvalue weighted by molar-refractivity contribution is 0.308. The van der Waals surface area contributed by atoms with E-state index < -0.39 is 0 Å². The average molecular weight is 457 g/mol. The molecule has 0 radical (unpaired) electrons. The average Bonchev–Trinajstić information content (AvgIpc) is 3.19. The summed E-state index contributed by atoms with van der Waals surface area (Å²) < 4.78 is 9.28. The van der Waals surface area contributed by atoms with Crippen molar-refractivity contribution in [3.05, 3.63) is 111 Å². The van der Waals surface area contributed by atoms with Crippen LogP contribution < -0.4 is 10.3 Å². The Morgan fingerprint density at radius 1 is 0.970 bits per heavy atom. The summed E-state index contributed by atoms with van der Waals surface area (Å²) in [6.07, 6.45) is 1.70. The van der Waals surface area contributed by atoms with Gasteiger partial charge in [0, 0.05) is 16.9 Å². The van der Waals surface area contributed by atoms with E-state index in [9.17, 15) is 4.79 Å². The Hall–Kier alpha value is -3.90. The van der Waals surface area contributed by atoms with E-state index in [4.69, 9.17) is 26.4 Å². The number of hydrogen-bond donors (Lipinski definition) is 0. The highest BCUT2D eigenvalue weighted by Crippen LogP contribution is 2.25. The van der Waals surface area contributed by atoms with E-state index in [-0.39, 0.29) is 5.56 Å². The van der Waals surface area contributed by atoms with Crippen molar-refractivity contribution < 1.29 is 4.74 Å². The molecule has 0 N–H and O–H groups in total. The minimum atomic E-state index is -0.196. The Balaban J connectivity index is 1.57. The minimum absolute atomic E-state index is 0.196. The molecule has 6 nitrogen and oxygen atoms in total. The summed E-state index contributed by atoms with van der Waals surface area (Å²) >= 11 is 6.15. The van der Waals surface area contributed by atoms with Gasteiger partial charge in [0.2, 0.25) is 0 Å². The predicted molar refractivity (Wildman–Crippen MR) is 129 cm³/mol. The van der Waals surface area contributed by atoms with Gasteiger partial charge in [-0.2, -0.15) is 5.10 Å². The number of pyridine rings is 1. The molecule has 0 aliphatic rings. The molecule has 0 spiro atoms. The molecule has 0 unspecified atom stereocenters. The topological polar surface area (TPSA) is 61.4 Å². The summed E-state index contributed by atoms with van der Waals surface area (Å²) in [5, 5.41) is 5.31. The number of rotatable bonds is 5. The number of benzene rings is 2. The fraction of sp³-hybridized carbons (Fsp3) is 0.115. The van der Waals surface area contributed by atoms with Gasteiger partial charge in [0.15, 0.2) is 11.4 Å². The maximum atomic E-state index is 13.5. The van der Waals surface area contributed by atoms with Gasteiger partial charge in [0.25, 0.3) is 5.56 Å². The van der Waals surface area contributed by atoms with Crippen LogP contribution in [0.1, 0.15) is 17.0 Å². The van der Waals surface area contributed by atoms with Crippen LogP contribution in [0.15, 0.2) is 83.8 Å². The van der Waals surface area contributed by atoms with Gasteiger partial charge in [-0.15, -0.1) is 0 Å². The molecular weight excluding hydrogens is 436 g/mol. The summed E-state index contributed by atoms with van der Waals surface area (Å²) in [6, 6.07) is 22.8. The molecule has 5 aromatic rings. The van der Waals surface area contributed by atoms with Crippen LogP contribution in [0, 0.1) is 13.8 Å². The molecule has 0 amide bonds. The third-order valence-electron chi connectivity index (χ3n) is 5.43. The molecule has 3 heterocycles. The Morgan fingerprint density at radius 3 is 2.58 bits per heavy atom. The second-order valence-electron chi connectivity index (χ2n) is 7.78. The van der Waals surface area contributed by atoms with E-state index in [0.717, 1.165) is 16.9 Å². The lowest BCUT2D eigenvalue weighted by Gasteiger charge is -2.11. The molecule has 0 atom stereocenters. The second-order valence-corrected chi connectivity index (χ2v) is 8.22. The fourth-order valence-electron chi connectivity index (χ4n) is 3.85. The van der Waals surface area contributed by atoms with Crippen LogP contribution >= 0.6 is 11.6 Å². The monoisotopic (exact) mass is 456 g/mol. The van der Waals surface area contributed by atoms with Crippen molar-refractivity contribution in [1.29, 1.82) is 0 Å². The summed E-state index contributed by atoms with van der Waals surface area (Å²) in [5.41, 5.74) is 4.64. The molecule has 0 aliphatic carbocycles. The Morgan fingerprint density at radius 2 is 1.79 bits per heavy atom. The predicted octanol–water partition coefficient (Wildman–Crippen LogP) is 5.40. The van der Waals surface area contributed by atoms with E-state index in [2.05, 4.69) is 0 Å². The lowest BCUT2D eigenvalue weighted by Crippen LogP contribution is -2.19. The van der Waals surface area contributed by atoms with Crippen molar-refractivity contribution in [3.63, 3.8) is 0 Å². The van der Waals surface area contributed by atoms with Crippen LogP contribution in [0.5, 0.6) is 5.75 Å². The van der Waals surface area contributed by atoms with Gasteiger partial charge in [-0.25, -0.2) is 9.67 Å². The third kappa shape index (κ3) is 4.01. The first-order valence-corrected chi connectivity index (χ1v) is 10.9. The normalized spacial score (nSPS) is 11.1. The molecular formula is C26H21ClN4O2. The summed E-state index contributed by atoms with van der Waals surface area (Å²) in [7, 11) is 0. The standard InChI is InChI=1S/C26H21ClN4O2/c1-17-14-22(29-31(17)21-11-6-10-20(27)15-21)24-18(2)28-25-23(12-7-13-30(25)26(24)32)33-16-19-8-4-3-5-9-19/h3-15H,16H2,1-2H3. The first-order chi connectivity index (χ1) is 16.0. The number of aryl methyl sites for hydroxylation is 2. The molecule has 0 saturated heterocycles. The second kappa shape index (κ2) is 8.56. The van der Waals surface area contributed by atoms with Crippen LogP contribution in [-0.4, -0.2) is 19.2 Å². The molecule has 3 aromatic heterocycles. The van der Waals surface area contributed by atoms with Crippen molar-refractivity contribution >= 4 is 17.2 Å². The summed E-state index contributed by atoms with van der Waals surface area (Å²) in [5.74, 6) is 0.550. The van der Waals surface area contributed by atoms with Gasteiger partial charge < -0.3 is 4.74 Å². The molecule has 2 aromatic carbocycles. The van der Waals surface area contributed by atoms with Gasteiger partial charge in [0.05, 0.1) is 16.9 Å². The van der Waals surface area contributed by atoms with Crippen LogP contribution in [0.25, 0.3) is 22.6 Å². The number of fused-ring (bicyclic) bond motifs is 1. The molecule has 0 saturated carbocycles. The van der Waals surface area contributed by atoms with E-state index in [1.165, 1.54) is 4.40 Å². The van der Waals surface area contributed by atoms with Crippen LogP contribution in [0.4, 0.5) is 0 Å². The highest BCUT2D eigenvalue weighted by molar-refractivity contribution is 6.30. The molecule has 5 rings (SSSR count). The van der Waals surface area contributed by atoms with Crippen molar-refractivity contribution in [3.8, 4) is 22.7 Å². The first-order valence-electron chi connectivity index (χ1n) is 10.5. The van der Waals surface area contributed by atoms with E-state index >= 15 is 0 Å². The number of ether oxygens (including phenoxy) is 1. The number of nitrogens with zero attached hydrogens (tertiary/aromatic N) is 4. The van der Waals surface area contributed by atoms with Crippen molar-refractivity contribution in [2.45, 2.75) is 20.5 Å². The quantitative estimate of drug-likeness (QED) is 0.355. The molecule has 0 aliphatic heterocycles. The number of hydrogen-bond acceptors (Lipinski definition) is 4. The van der Waals surface area contributed by atoms with Gasteiger partial charge >= 0.3 is 0 Å². The van der Waals surface area contributed by atoms with Crippen LogP contribution in [0.2, 0.25) is 5.02 Å². The largest absolute Gasteiger partial charge is 0.485 e. The summed E-state index contributed by atoms with van der Waals surface area (Å²) in [4.78, 5) is 18.2. The summed E-state index contributed by atoms with van der Waals surface area (Å²) in [6.45, 7) is 4.15. The van der Waals surface area contributed by atoms with Crippen molar-refractivity contribution in [2.24, 2.45) is 0 Å². The van der Waals surface area contributed by atoms with Gasteiger partial charge in [0.1, 0.15) is 12.3 Å². The van der Waals surface area contributed by atoms with Crippen molar-refractivity contribution in [1.82, 2.24) is 19.2 Å². The zero-order chi connectivity index (χ0) is 22.9. The zero-order valence-electron chi connectivity index (χ0n) is 18.2. The van der Waals surface area contributed by atoms with Crippen LogP contribution in [-0.2, 0) is 6.61 Å². The van der Waals surface area contributed by atoms with E-state index in [1.54, 1.807) is 16.9 Å². The smallest absolute Gasteiger partial charge is 0.267 e. The van der Waals surface area contributed by atoms with Crippen LogP contribution in [0.3, 0.4) is 0 Å². The SMILES string of the molecule is Cc1nc2c(OCc3ccccc3)cccn2c(=O)c1-c1cc(C)n(-c2cccc(Cl)c2)n1. The Labute approximate surface area is 195 Å². The molecule has 33 heavy (non-hydrogen) atoms. The number of halogens is 1. The maximum absolute atomic E-state index is 13.5. The lowest BCUT2D eigenvalue weighted by atomic mass is 10.1. The molecule has 164 valence electrons. The zero-order valence-corrected chi connectivity index (χ0v) is 19.0. The maximum Gasteiger partial charge on any atom is 0.267 e. The van der Waals surface area contributed by atoms with E-state index in [1.807, 2.05) is 80.6 Å². The van der Waals surface area contributed by atoms with E-state index in [0.29, 0.717) is 40.0 Å². The minimum Gasteiger partial charge on any atom is -0.485 e.